The molecule has 0 radical (unpaired) electrons. The van der Waals surface area contributed by atoms with Crippen molar-refractivity contribution in [2.24, 2.45) is 5.92 Å². The molecule has 16 heavy (non-hydrogen) atoms. The lowest BCUT2D eigenvalue weighted by Crippen LogP contribution is -2.29. The number of likely N-dealkylation sites (N-methyl/N-ethyl adjacent to an activating group) is 1. The number of hydrogen-bond acceptors (Lipinski definition) is 1. The highest BCUT2D eigenvalue weighted by atomic mass is 15.2. The van der Waals surface area contributed by atoms with Crippen molar-refractivity contribution >= 4 is 0 Å². The summed E-state index contributed by atoms with van der Waals surface area (Å²) in [5.41, 5.74) is 8.84. The number of rotatable bonds is 1. The lowest BCUT2D eigenvalue weighted by atomic mass is 9.99. The minimum atomic E-state index is 0.437. The standard InChI is InChI=1S/C15H15N/c1-16-14-10-6-5-9-13(14)11-15(16)12-7-3-2-4-8-12/h3,7-11,13-14H,2,4H2,1H3. The highest BCUT2D eigenvalue weighted by molar-refractivity contribution is 5.45. The van der Waals surface area contributed by atoms with Gasteiger partial charge in [0.1, 0.15) is 0 Å². The molecular weight excluding hydrogens is 194 g/mol. The van der Waals surface area contributed by atoms with Crippen LogP contribution in [0.15, 0.2) is 59.2 Å². The molecule has 2 aliphatic carbocycles. The number of allylic oxidation sites excluding steroid dienone is 3. The third-order valence-electron chi connectivity index (χ3n) is 3.48. The van der Waals surface area contributed by atoms with Gasteiger partial charge in [-0.05, 0) is 30.6 Å². The second kappa shape index (κ2) is 3.72. The number of fused-ring (bicyclic) bond motifs is 1. The van der Waals surface area contributed by atoms with Crippen LogP contribution in [0.4, 0.5) is 0 Å². The summed E-state index contributed by atoms with van der Waals surface area (Å²) in [5, 5.41) is 0. The molecule has 0 aromatic rings. The minimum absolute atomic E-state index is 0.437. The molecule has 0 fully saturated rings. The van der Waals surface area contributed by atoms with Crippen LogP contribution in [0, 0.1) is 5.92 Å². The van der Waals surface area contributed by atoms with Crippen molar-refractivity contribution in [2.45, 2.75) is 18.9 Å². The Bertz CT molecular complexity index is 492. The first kappa shape index (κ1) is 9.54. The molecule has 0 saturated carbocycles. The molecule has 0 amide bonds. The first-order valence-electron chi connectivity index (χ1n) is 5.86. The summed E-state index contributed by atoms with van der Waals surface area (Å²) in [7, 11) is 2.16. The fraction of sp³-hybridized carbons (Fsp3) is 0.333. The van der Waals surface area contributed by atoms with E-state index in [-0.39, 0.29) is 0 Å². The van der Waals surface area contributed by atoms with Crippen LogP contribution in [0.25, 0.3) is 0 Å². The lowest BCUT2D eigenvalue weighted by Gasteiger charge is -2.26. The van der Waals surface area contributed by atoms with E-state index in [0.717, 1.165) is 6.42 Å². The van der Waals surface area contributed by atoms with E-state index < -0.39 is 0 Å². The first-order chi connectivity index (χ1) is 7.86. The maximum Gasteiger partial charge on any atom is 0.0654 e. The van der Waals surface area contributed by atoms with Crippen LogP contribution in [0.2, 0.25) is 0 Å². The Morgan fingerprint density at radius 2 is 2.12 bits per heavy atom. The molecular formula is C15H15N. The Morgan fingerprint density at radius 3 is 2.88 bits per heavy atom. The molecule has 1 heterocycles. The van der Waals surface area contributed by atoms with Crippen molar-refractivity contribution in [1.29, 1.82) is 0 Å². The molecule has 1 aliphatic heterocycles. The fourth-order valence-electron chi connectivity index (χ4n) is 2.57. The molecule has 0 spiro atoms. The zero-order chi connectivity index (χ0) is 11.0. The highest BCUT2D eigenvalue weighted by Gasteiger charge is 2.30. The van der Waals surface area contributed by atoms with Crippen LogP contribution in [-0.2, 0) is 0 Å². The summed E-state index contributed by atoms with van der Waals surface area (Å²) < 4.78 is 0. The quantitative estimate of drug-likeness (QED) is 0.600. The Balaban J connectivity index is 1.94. The van der Waals surface area contributed by atoms with Crippen LogP contribution < -0.4 is 0 Å². The van der Waals surface area contributed by atoms with Crippen molar-refractivity contribution in [3.63, 3.8) is 0 Å². The summed E-state index contributed by atoms with van der Waals surface area (Å²) in [6.45, 7) is 0. The Labute approximate surface area is 96.5 Å². The van der Waals surface area contributed by atoms with Crippen LogP contribution >= 0.6 is 0 Å². The van der Waals surface area contributed by atoms with E-state index in [0.29, 0.717) is 12.0 Å². The van der Waals surface area contributed by atoms with E-state index in [9.17, 15) is 0 Å². The van der Waals surface area contributed by atoms with E-state index in [2.05, 4.69) is 59.9 Å². The molecule has 0 N–H and O–H groups in total. The van der Waals surface area contributed by atoms with Crippen molar-refractivity contribution in [2.75, 3.05) is 7.05 Å². The minimum Gasteiger partial charge on any atom is -0.366 e. The van der Waals surface area contributed by atoms with Gasteiger partial charge in [0.15, 0.2) is 0 Å². The van der Waals surface area contributed by atoms with Crippen LogP contribution in [0.1, 0.15) is 12.8 Å². The normalized spacial score (nSPS) is 30.4. The lowest BCUT2D eigenvalue weighted by molar-refractivity contribution is 0.363. The van der Waals surface area contributed by atoms with Crippen molar-refractivity contribution < 1.29 is 0 Å². The maximum atomic E-state index is 3.07. The number of nitrogens with zero attached hydrogens (tertiary/aromatic N) is 1. The van der Waals surface area contributed by atoms with Gasteiger partial charge in [-0.3, -0.25) is 0 Å². The summed E-state index contributed by atoms with van der Waals surface area (Å²) in [4.78, 5) is 2.34. The third-order valence-corrected chi connectivity index (χ3v) is 3.48. The van der Waals surface area contributed by atoms with Gasteiger partial charge in [-0.15, -0.1) is 0 Å². The van der Waals surface area contributed by atoms with Gasteiger partial charge in [-0.2, -0.15) is 0 Å². The molecule has 0 bridgehead atoms. The molecule has 0 aromatic carbocycles. The topological polar surface area (TPSA) is 3.24 Å². The maximum absolute atomic E-state index is 3.07. The molecule has 80 valence electrons. The largest absolute Gasteiger partial charge is 0.366 e. The summed E-state index contributed by atoms with van der Waals surface area (Å²) >= 11 is 0. The molecule has 1 heteroatoms. The molecule has 1 nitrogen and oxygen atoms in total. The third kappa shape index (κ3) is 1.42. The highest BCUT2D eigenvalue weighted by Crippen LogP contribution is 2.34. The second-order valence-corrected chi connectivity index (χ2v) is 4.49. The Morgan fingerprint density at radius 1 is 1.25 bits per heavy atom. The van der Waals surface area contributed by atoms with Crippen LogP contribution in [0.3, 0.4) is 0 Å². The summed E-state index contributed by atoms with van der Waals surface area (Å²) in [5.74, 6) is 0.470. The molecule has 2 unspecified atom stereocenters. The van der Waals surface area contributed by atoms with Gasteiger partial charge in [0, 0.05) is 18.7 Å². The van der Waals surface area contributed by atoms with Gasteiger partial charge < -0.3 is 4.90 Å². The Kier molecular flexibility index (Phi) is 2.22. The second-order valence-electron chi connectivity index (χ2n) is 4.49. The van der Waals surface area contributed by atoms with Crippen molar-refractivity contribution in [3.8, 4) is 0 Å². The van der Waals surface area contributed by atoms with Crippen LogP contribution in [-0.4, -0.2) is 18.0 Å². The van der Waals surface area contributed by atoms with Gasteiger partial charge in [0.05, 0.1) is 6.04 Å². The smallest absolute Gasteiger partial charge is 0.0654 e. The van der Waals surface area contributed by atoms with Gasteiger partial charge in [0.25, 0.3) is 0 Å². The molecule has 3 aliphatic rings. The summed E-state index contributed by atoms with van der Waals surface area (Å²) in [6, 6.07) is 0.437. The average Bonchev–Trinajstić information content (AvgIpc) is 2.69. The van der Waals surface area contributed by atoms with Gasteiger partial charge in [0.2, 0.25) is 0 Å². The molecule has 0 aromatic heterocycles. The van der Waals surface area contributed by atoms with Gasteiger partial charge >= 0.3 is 0 Å². The number of hydrogen-bond donors (Lipinski definition) is 0. The summed E-state index contributed by atoms with van der Waals surface area (Å²) in [6.07, 6.45) is 15.7. The van der Waals surface area contributed by atoms with Crippen molar-refractivity contribution in [3.05, 3.63) is 59.2 Å². The van der Waals surface area contributed by atoms with E-state index in [1.807, 2.05) is 0 Å². The zero-order valence-corrected chi connectivity index (χ0v) is 9.48. The first-order valence-corrected chi connectivity index (χ1v) is 5.86. The van der Waals surface area contributed by atoms with E-state index >= 15 is 0 Å². The monoisotopic (exact) mass is 209 g/mol. The Hall–Kier alpha value is -1.68. The van der Waals surface area contributed by atoms with Gasteiger partial charge in [-0.25, -0.2) is 0 Å². The fourth-order valence-corrected chi connectivity index (χ4v) is 2.57. The molecule has 3 rings (SSSR count). The molecule has 2 atom stereocenters. The SMILES string of the molecule is CN1C(C2=CCCC=C2)=CC2C=C=C=CC21. The molecule has 0 saturated heterocycles. The van der Waals surface area contributed by atoms with Crippen molar-refractivity contribution in [1.82, 2.24) is 4.90 Å². The predicted octanol–water partition coefficient (Wildman–Crippen LogP) is 2.96. The predicted molar refractivity (Wildman–Crippen MR) is 65.7 cm³/mol. The van der Waals surface area contributed by atoms with Gasteiger partial charge in [-0.1, -0.05) is 35.8 Å². The van der Waals surface area contributed by atoms with Crippen LogP contribution in [0.5, 0.6) is 0 Å². The van der Waals surface area contributed by atoms with E-state index in [4.69, 9.17) is 0 Å². The average molecular weight is 209 g/mol. The van der Waals surface area contributed by atoms with E-state index in [1.165, 1.54) is 17.7 Å². The zero-order valence-electron chi connectivity index (χ0n) is 9.48. The van der Waals surface area contributed by atoms with E-state index in [1.54, 1.807) is 0 Å².